The van der Waals surface area contributed by atoms with Gasteiger partial charge in [-0.1, -0.05) is 12.8 Å². The fourth-order valence-corrected chi connectivity index (χ4v) is 3.70. The topological polar surface area (TPSA) is 62.3 Å². The minimum absolute atomic E-state index is 0.0131. The summed E-state index contributed by atoms with van der Waals surface area (Å²) in [5.74, 6) is 0.131. The van der Waals surface area contributed by atoms with Crippen LogP contribution in [0.25, 0.3) is 0 Å². The molecule has 1 aromatic carbocycles. The largest absolute Gasteiger partial charge is 0.433 e. The van der Waals surface area contributed by atoms with Crippen LogP contribution in [0.2, 0.25) is 0 Å². The van der Waals surface area contributed by atoms with Crippen LogP contribution in [0.3, 0.4) is 0 Å². The summed E-state index contributed by atoms with van der Waals surface area (Å²) in [7, 11) is 0. The van der Waals surface area contributed by atoms with Gasteiger partial charge in [-0.25, -0.2) is 4.98 Å². The number of hydrogen-bond acceptors (Lipinski definition) is 6. The molecule has 6 nitrogen and oxygen atoms in total. The maximum atomic E-state index is 13.3. The van der Waals surface area contributed by atoms with E-state index in [0.29, 0.717) is 18.9 Å². The molecule has 0 spiro atoms. The molecule has 1 aromatic heterocycles. The average Bonchev–Trinajstić information content (AvgIpc) is 3.21. The van der Waals surface area contributed by atoms with Crippen LogP contribution in [0, 0.1) is 0 Å². The first-order valence-electron chi connectivity index (χ1n) is 9.90. The molecule has 2 aliphatic rings. The number of morpholine rings is 1. The second-order valence-electron chi connectivity index (χ2n) is 7.36. The van der Waals surface area contributed by atoms with E-state index in [-0.39, 0.29) is 17.8 Å². The number of nitrogens with one attached hydrogen (secondary N) is 2. The highest BCUT2D eigenvalue weighted by Gasteiger charge is 2.34. The van der Waals surface area contributed by atoms with Crippen molar-refractivity contribution in [3.63, 3.8) is 0 Å². The number of benzene rings is 1. The van der Waals surface area contributed by atoms with Gasteiger partial charge in [0, 0.05) is 36.6 Å². The Bertz CT molecular complexity index is 816. The molecule has 2 aromatic rings. The van der Waals surface area contributed by atoms with Crippen molar-refractivity contribution in [2.45, 2.75) is 37.9 Å². The number of rotatable bonds is 5. The fraction of sp³-hybridized carbons (Fsp3) is 0.500. The third kappa shape index (κ3) is 5.09. The molecular formula is C20H24F3N5O. The normalized spacial score (nSPS) is 18.1. The zero-order valence-corrected chi connectivity index (χ0v) is 16.0. The van der Waals surface area contributed by atoms with Gasteiger partial charge in [0.05, 0.1) is 13.2 Å². The first kappa shape index (κ1) is 19.8. The molecule has 1 aliphatic heterocycles. The summed E-state index contributed by atoms with van der Waals surface area (Å²) in [6.07, 6.45) is -0.559. The van der Waals surface area contributed by atoms with Crippen molar-refractivity contribution in [2.75, 3.05) is 41.8 Å². The molecule has 0 bridgehead atoms. The maximum absolute atomic E-state index is 13.3. The summed E-state index contributed by atoms with van der Waals surface area (Å²) >= 11 is 0. The quantitative estimate of drug-likeness (QED) is 0.765. The van der Waals surface area contributed by atoms with Crippen LogP contribution in [0.5, 0.6) is 0 Å². The smallest absolute Gasteiger partial charge is 0.378 e. The highest BCUT2D eigenvalue weighted by molar-refractivity contribution is 5.62. The molecule has 1 saturated carbocycles. The van der Waals surface area contributed by atoms with Gasteiger partial charge in [-0.3, -0.25) is 0 Å². The molecular weight excluding hydrogens is 383 g/mol. The SMILES string of the molecule is FC(F)(F)c1cc(Nc2ccc(N3CCOCC3)cc2)nc(NC2CCCC2)n1. The van der Waals surface area contributed by atoms with E-state index in [0.717, 1.165) is 50.5 Å². The molecule has 0 unspecified atom stereocenters. The molecule has 29 heavy (non-hydrogen) atoms. The minimum Gasteiger partial charge on any atom is -0.378 e. The van der Waals surface area contributed by atoms with Crippen molar-refractivity contribution in [3.05, 3.63) is 36.0 Å². The molecule has 9 heteroatoms. The lowest BCUT2D eigenvalue weighted by atomic mass is 10.2. The monoisotopic (exact) mass is 407 g/mol. The van der Waals surface area contributed by atoms with Gasteiger partial charge in [-0.2, -0.15) is 18.2 Å². The van der Waals surface area contributed by atoms with Crippen molar-refractivity contribution in [1.82, 2.24) is 9.97 Å². The van der Waals surface area contributed by atoms with Gasteiger partial charge in [0.15, 0.2) is 5.69 Å². The summed E-state index contributed by atoms with van der Waals surface area (Å²) in [5, 5.41) is 6.03. The molecule has 4 rings (SSSR count). The third-order valence-corrected chi connectivity index (χ3v) is 5.22. The lowest BCUT2D eigenvalue weighted by Crippen LogP contribution is -2.36. The number of anilines is 4. The number of halogens is 3. The Labute approximate surface area is 167 Å². The number of ether oxygens (including phenoxy) is 1. The predicted molar refractivity (Wildman–Crippen MR) is 106 cm³/mol. The third-order valence-electron chi connectivity index (χ3n) is 5.22. The zero-order chi connectivity index (χ0) is 20.3. The van der Waals surface area contributed by atoms with E-state index in [2.05, 4.69) is 25.5 Å². The lowest BCUT2D eigenvalue weighted by molar-refractivity contribution is -0.141. The molecule has 1 aliphatic carbocycles. The first-order chi connectivity index (χ1) is 14.0. The minimum atomic E-state index is -4.54. The van der Waals surface area contributed by atoms with Crippen molar-refractivity contribution >= 4 is 23.1 Å². The van der Waals surface area contributed by atoms with E-state index in [1.54, 1.807) is 0 Å². The number of aromatic nitrogens is 2. The molecule has 0 atom stereocenters. The van der Waals surface area contributed by atoms with Crippen molar-refractivity contribution in [1.29, 1.82) is 0 Å². The maximum Gasteiger partial charge on any atom is 0.433 e. The van der Waals surface area contributed by atoms with Crippen molar-refractivity contribution in [2.24, 2.45) is 0 Å². The van der Waals surface area contributed by atoms with Crippen molar-refractivity contribution < 1.29 is 17.9 Å². The Hall–Kier alpha value is -2.55. The predicted octanol–water partition coefficient (Wildman–Crippen LogP) is 4.43. The van der Waals surface area contributed by atoms with Crippen LogP contribution in [-0.2, 0) is 10.9 Å². The summed E-state index contributed by atoms with van der Waals surface area (Å²) in [6.45, 7) is 3.03. The van der Waals surface area contributed by atoms with Crippen LogP contribution in [0.4, 0.5) is 36.3 Å². The summed E-state index contributed by atoms with van der Waals surface area (Å²) < 4.78 is 45.2. The van der Waals surface area contributed by atoms with Gasteiger partial charge < -0.3 is 20.3 Å². The molecule has 0 amide bonds. The number of alkyl halides is 3. The highest BCUT2D eigenvalue weighted by Crippen LogP contribution is 2.31. The fourth-order valence-electron chi connectivity index (χ4n) is 3.70. The molecule has 0 radical (unpaired) electrons. The molecule has 1 saturated heterocycles. The van der Waals surface area contributed by atoms with E-state index in [1.165, 1.54) is 0 Å². The Morgan fingerprint density at radius 2 is 1.69 bits per heavy atom. The highest BCUT2D eigenvalue weighted by atomic mass is 19.4. The van der Waals surface area contributed by atoms with Crippen LogP contribution in [0.15, 0.2) is 30.3 Å². The van der Waals surface area contributed by atoms with Gasteiger partial charge in [0.2, 0.25) is 5.95 Å². The zero-order valence-electron chi connectivity index (χ0n) is 16.0. The second-order valence-corrected chi connectivity index (χ2v) is 7.36. The average molecular weight is 407 g/mol. The standard InChI is InChI=1S/C20H24F3N5O/c21-20(22,23)17-13-18(27-19(26-17)25-14-3-1-2-4-14)24-15-5-7-16(8-6-15)28-9-11-29-12-10-28/h5-8,13-14H,1-4,9-12H2,(H2,24,25,26,27). The van der Waals surface area contributed by atoms with E-state index >= 15 is 0 Å². The van der Waals surface area contributed by atoms with Crippen LogP contribution in [0.1, 0.15) is 31.4 Å². The Balaban J connectivity index is 1.51. The Morgan fingerprint density at radius 3 is 2.34 bits per heavy atom. The number of nitrogens with zero attached hydrogens (tertiary/aromatic N) is 3. The summed E-state index contributed by atoms with van der Waals surface area (Å²) in [6, 6.07) is 8.62. The Kier molecular flexibility index (Phi) is 5.75. The summed E-state index contributed by atoms with van der Waals surface area (Å²) in [5.41, 5.74) is 0.766. The molecule has 2 heterocycles. The van der Waals surface area contributed by atoms with Crippen molar-refractivity contribution in [3.8, 4) is 0 Å². The molecule has 2 N–H and O–H groups in total. The van der Waals surface area contributed by atoms with Gasteiger partial charge in [-0.05, 0) is 37.1 Å². The van der Waals surface area contributed by atoms with E-state index in [1.807, 2.05) is 24.3 Å². The second kappa shape index (κ2) is 8.44. The number of hydrogen-bond donors (Lipinski definition) is 2. The van der Waals surface area contributed by atoms with Gasteiger partial charge in [-0.15, -0.1) is 0 Å². The van der Waals surface area contributed by atoms with Gasteiger partial charge in [0.25, 0.3) is 0 Å². The molecule has 2 fully saturated rings. The van der Waals surface area contributed by atoms with E-state index in [9.17, 15) is 13.2 Å². The molecule has 156 valence electrons. The first-order valence-corrected chi connectivity index (χ1v) is 9.90. The van der Waals surface area contributed by atoms with E-state index < -0.39 is 11.9 Å². The van der Waals surface area contributed by atoms with Gasteiger partial charge in [0.1, 0.15) is 5.82 Å². The van der Waals surface area contributed by atoms with Gasteiger partial charge >= 0.3 is 6.18 Å². The van der Waals surface area contributed by atoms with Crippen LogP contribution >= 0.6 is 0 Å². The van der Waals surface area contributed by atoms with Crippen LogP contribution in [-0.4, -0.2) is 42.3 Å². The summed E-state index contributed by atoms with van der Waals surface area (Å²) in [4.78, 5) is 10.1. The van der Waals surface area contributed by atoms with Crippen LogP contribution < -0.4 is 15.5 Å². The lowest BCUT2D eigenvalue weighted by Gasteiger charge is -2.28. The van der Waals surface area contributed by atoms with E-state index in [4.69, 9.17) is 4.74 Å². The Morgan fingerprint density at radius 1 is 1.00 bits per heavy atom.